The number of hydrogen-bond donors (Lipinski definition) is 1. The minimum Gasteiger partial charge on any atom is -0.487 e. The van der Waals surface area contributed by atoms with Crippen LogP contribution in [0.1, 0.15) is 11.1 Å². The van der Waals surface area contributed by atoms with Gasteiger partial charge in [0.2, 0.25) is 0 Å². The Morgan fingerprint density at radius 3 is 2.68 bits per heavy atom. The Morgan fingerprint density at radius 2 is 2.05 bits per heavy atom. The molecule has 2 aromatic carbocycles. The lowest BCUT2D eigenvalue weighted by molar-refractivity contribution is 0.306. The molecule has 0 unspecified atom stereocenters. The van der Waals surface area contributed by atoms with Gasteiger partial charge in [0.05, 0.1) is 5.02 Å². The van der Waals surface area contributed by atoms with Gasteiger partial charge in [-0.25, -0.2) is 4.39 Å². The van der Waals surface area contributed by atoms with Crippen LogP contribution >= 0.6 is 23.8 Å². The van der Waals surface area contributed by atoms with Gasteiger partial charge in [0.25, 0.3) is 0 Å². The Kier molecular flexibility index (Phi) is 4.35. The van der Waals surface area contributed by atoms with Crippen LogP contribution in [-0.4, -0.2) is 4.99 Å². The first-order valence-electron chi connectivity index (χ1n) is 5.53. The van der Waals surface area contributed by atoms with E-state index in [1.807, 2.05) is 0 Å². The van der Waals surface area contributed by atoms with E-state index >= 15 is 0 Å². The van der Waals surface area contributed by atoms with Crippen molar-refractivity contribution in [3.63, 3.8) is 0 Å². The lowest BCUT2D eigenvalue weighted by Crippen LogP contribution is -2.09. The van der Waals surface area contributed by atoms with Gasteiger partial charge in [0, 0.05) is 5.56 Å². The van der Waals surface area contributed by atoms with E-state index in [-0.39, 0.29) is 17.4 Å². The normalized spacial score (nSPS) is 10.2. The van der Waals surface area contributed by atoms with Crippen molar-refractivity contribution in [3.05, 3.63) is 64.4 Å². The highest BCUT2D eigenvalue weighted by molar-refractivity contribution is 7.80. The van der Waals surface area contributed by atoms with E-state index in [2.05, 4.69) is 0 Å². The zero-order valence-corrected chi connectivity index (χ0v) is 11.5. The van der Waals surface area contributed by atoms with Gasteiger partial charge in [-0.2, -0.15) is 0 Å². The molecular formula is C14H11ClFNOS. The van der Waals surface area contributed by atoms with Gasteiger partial charge in [-0.1, -0.05) is 36.0 Å². The molecule has 0 aliphatic heterocycles. The quantitative estimate of drug-likeness (QED) is 0.874. The van der Waals surface area contributed by atoms with Crippen LogP contribution in [0.3, 0.4) is 0 Å². The Labute approximate surface area is 120 Å². The van der Waals surface area contributed by atoms with Gasteiger partial charge in [0.1, 0.15) is 23.2 Å². The lowest BCUT2D eigenvalue weighted by atomic mass is 10.2. The van der Waals surface area contributed by atoms with Gasteiger partial charge in [-0.05, 0) is 35.9 Å². The fourth-order valence-electron chi connectivity index (χ4n) is 1.56. The first-order chi connectivity index (χ1) is 9.06. The molecule has 2 nitrogen and oxygen atoms in total. The average Bonchev–Trinajstić information content (AvgIpc) is 2.37. The monoisotopic (exact) mass is 295 g/mol. The molecule has 0 saturated carbocycles. The minimum atomic E-state index is -0.295. The average molecular weight is 296 g/mol. The van der Waals surface area contributed by atoms with Crippen LogP contribution in [-0.2, 0) is 6.61 Å². The van der Waals surface area contributed by atoms with Crippen molar-refractivity contribution in [2.75, 3.05) is 0 Å². The molecule has 0 aromatic heterocycles. The van der Waals surface area contributed by atoms with Gasteiger partial charge < -0.3 is 10.5 Å². The number of halogens is 2. The third-order valence-electron chi connectivity index (χ3n) is 2.50. The summed E-state index contributed by atoms with van der Waals surface area (Å²) in [5.41, 5.74) is 6.91. The van der Waals surface area contributed by atoms with Crippen LogP contribution in [0, 0.1) is 5.82 Å². The van der Waals surface area contributed by atoms with Crippen LogP contribution in [0.2, 0.25) is 5.02 Å². The van der Waals surface area contributed by atoms with Crippen molar-refractivity contribution in [1.29, 1.82) is 0 Å². The first kappa shape index (κ1) is 13.8. The molecule has 0 heterocycles. The smallest absolute Gasteiger partial charge is 0.138 e. The zero-order valence-electron chi connectivity index (χ0n) is 9.90. The second kappa shape index (κ2) is 5.99. The second-order valence-corrected chi connectivity index (χ2v) is 4.78. The van der Waals surface area contributed by atoms with E-state index in [4.69, 9.17) is 34.3 Å². The van der Waals surface area contributed by atoms with Crippen LogP contribution in [0.15, 0.2) is 42.5 Å². The molecule has 0 amide bonds. The third-order valence-corrected chi connectivity index (χ3v) is 3.03. The minimum absolute atomic E-state index is 0.240. The maximum atomic E-state index is 13.0. The van der Waals surface area contributed by atoms with E-state index < -0.39 is 0 Å². The molecule has 2 rings (SSSR count). The van der Waals surface area contributed by atoms with Crippen LogP contribution < -0.4 is 10.5 Å². The molecule has 0 fully saturated rings. The molecule has 0 aliphatic rings. The van der Waals surface area contributed by atoms with Crippen molar-refractivity contribution in [2.45, 2.75) is 6.61 Å². The summed E-state index contributed by atoms with van der Waals surface area (Å²) in [4.78, 5) is 0.276. The van der Waals surface area contributed by atoms with Crippen LogP contribution in [0.4, 0.5) is 4.39 Å². The van der Waals surface area contributed by atoms with Crippen LogP contribution in [0.5, 0.6) is 5.75 Å². The summed E-state index contributed by atoms with van der Waals surface area (Å²) in [6, 6.07) is 11.3. The Bertz CT molecular complexity index is 618. The Hall–Kier alpha value is -1.65. The summed E-state index contributed by atoms with van der Waals surface area (Å²) in [7, 11) is 0. The van der Waals surface area contributed by atoms with E-state index in [0.717, 1.165) is 5.56 Å². The van der Waals surface area contributed by atoms with E-state index in [1.54, 1.807) is 30.3 Å². The third kappa shape index (κ3) is 3.66. The number of thiocarbonyl (C=S) groups is 1. The molecule has 19 heavy (non-hydrogen) atoms. The zero-order chi connectivity index (χ0) is 13.8. The largest absolute Gasteiger partial charge is 0.487 e. The topological polar surface area (TPSA) is 35.2 Å². The van der Waals surface area contributed by atoms with Crippen molar-refractivity contribution in [2.24, 2.45) is 5.73 Å². The first-order valence-corrected chi connectivity index (χ1v) is 6.31. The van der Waals surface area contributed by atoms with Crippen molar-refractivity contribution >= 4 is 28.8 Å². The molecular weight excluding hydrogens is 285 g/mol. The summed E-state index contributed by atoms with van der Waals surface area (Å²) in [5.74, 6) is 0.210. The Morgan fingerprint density at radius 1 is 1.26 bits per heavy atom. The van der Waals surface area contributed by atoms with E-state index in [1.165, 1.54) is 12.1 Å². The van der Waals surface area contributed by atoms with Crippen molar-refractivity contribution in [3.8, 4) is 5.75 Å². The summed E-state index contributed by atoms with van der Waals surface area (Å²) >= 11 is 10.9. The summed E-state index contributed by atoms with van der Waals surface area (Å²) < 4.78 is 18.5. The molecule has 0 aliphatic carbocycles. The maximum absolute atomic E-state index is 13.0. The number of ether oxygens (including phenoxy) is 1. The molecule has 2 aromatic rings. The summed E-state index contributed by atoms with van der Waals surface area (Å²) in [6.45, 7) is 0.240. The standard InChI is InChI=1S/C14H11ClFNOS/c15-12-7-10(14(17)19)4-5-13(12)18-8-9-2-1-3-11(16)6-9/h1-7H,8H2,(H2,17,19). The molecule has 2 N–H and O–H groups in total. The molecule has 0 atom stereocenters. The molecule has 0 spiro atoms. The lowest BCUT2D eigenvalue weighted by Gasteiger charge is -2.09. The molecule has 5 heteroatoms. The summed E-state index contributed by atoms with van der Waals surface area (Å²) in [6.07, 6.45) is 0. The van der Waals surface area contributed by atoms with E-state index in [0.29, 0.717) is 16.3 Å². The molecule has 0 radical (unpaired) electrons. The highest BCUT2D eigenvalue weighted by Crippen LogP contribution is 2.26. The molecule has 98 valence electrons. The highest BCUT2D eigenvalue weighted by atomic mass is 35.5. The Balaban J connectivity index is 2.10. The van der Waals surface area contributed by atoms with Gasteiger partial charge >= 0.3 is 0 Å². The summed E-state index contributed by atoms with van der Waals surface area (Å²) in [5, 5.41) is 0.418. The number of rotatable bonds is 4. The fourth-order valence-corrected chi connectivity index (χ4v) is 1.92. The SMILES string of the molecule is NC(=S)c1ccc(OCc2cccc(F)c2)c(Cl)c1. The van der Waals surface area contributed by atoms with E-state index in [9.17, 15) is 4.39 Å². The predicted octanol–water partition coefficient (Wildman–Crippen LogP) is 3.69. The highest BCUT2D eigenvalue weighted by Gasteiger charge is 2.05. The number of nitrogens with two attached hydrogens (primary N) is 1. The maximum Gasteiger partial charge on any atom is 0.138 e. The molecule has 0 bridgehead atoms. The fraction of sp³-hybridized carbons (Fsp3) is 0.0714. The van der Waals surface area contributed by atoms with Gasteiger partial charge in [-0.3, -0.25) is 0 Å². The van der Waals surface area contributed by atoms with Crippen LogP contribution in [0.25, 0.3) is 0 Å². The van der Waals surface area contributed by atoms with Crippen molar-refractivity contribution in [1.82, 2.24) is 0 Å². The second-order valence-electron chi connectivity index (χ2n) is 3.93. The molecule has 0 saturated heterocycles. The van der Waals surface area contributed by atoms with Gasteiger partial charge in [0.15, 0.2) is 0 Å². The number of benzene rings is 2. The van der Waals surface area contributed by atoms with Crippen molar-refractivity contribution < 1.29 is 9.13 Å². The van der Waals surface area contributed by atoms with Gasteiger partial charge in [-0.15, -0.1) is 0 Å². The predicted molar refractivity (Wildman–Crippen MR) is 78.1 cm³/mol. The number of hydrogen-bond acceptors (Lipinski definition) is 2.